The third-order valence-electron chi connectivity index (χ3n) is 2.79. The van der Waals surface area contributed by atoms with Crippen LogP contribution in [0, 0.1) is 11.3 Å². The first kappa shape index (κ1) is 15.4. The van der Waals surface area contributed by atoms with Crippen LogP contribution in [0.3, 0.4) is 0 Å². The molecule has 0 saturated carbocycles. The minimum Gasteiger partial charge on any atom is -0.329 e. The molecule has 0 unspecified atom stereocenters. The van der Waals surface area contributed by atoms with Crippen LogP contribution in [-0.2, 0) is 11.8 Å². The highest BCUT2D eigenvalue weighted by Crippen LogP contribution is 2.24. The summed E-state index contributed by atoms with van der Waals surface area (Å²) in [7, 11) is 1.88. The lowest BCUT2D eigenvalue weighted by atomic mass is 10.2. The van der Waals surface area contributed by atoms with E-state index in [1.54, 1.807) is 31.3 Å². The maximum absolute atomic E-state index is 12.1. The van der Waals surface area contributed by atoms with Gasteiger partial charge in [0.05, 0.1) is 15.8 Å². The molecule has 2 rings (SSSR count). The Morgan fingerprint density at radius 2 is 2.33 bits per heavy atom. The Morgan fingerprint density at radius 1 is 1.57 bits per heavy atom. The Hall–Kier alpha value is -1.97. The van der Waals surface area contributed by atoms with Crippen molar-refractivity contribution in [2.45, 2.75) is 17.3 Å². The standard InChI is InChI=1S/C14H13ClN4OS/c1-9(21-14-17-5-6-19(14)2)13(20)18-11-4-3-10(8-16)12(15)7-11/h3-7,9H,1-2H3,(H,18,20)/t9-/m1/s1. The first-order valence-electron chi connectivity index (χ1n) is 6.15. The molecule has 0 aliphatic rings. The predicted molar refractivity (Wildman–Crippen MR) is 83.3 cm³/mol. The van der Waals surface area contributed by atoms with Crippen LogP contribution < -0.4 is 5.32 Å². The highest BCUT2D eigenvalue weighted by atomic mass is 35.5. The van der Waals surface area contributed by atoms with Crippen molar-refractivity contribution in [3.05, 3.63) is 41.2 Å². The fourth-order valence-electron chi connectivity index (χ4n) is 1.60. The maximum atomic E-state index is 12.1. The van der Waals surface area contributed by atoms with E-state index in [1.807, 2.05) is 23.9 Å². The van der Waals surface area contributed by atoms with Gasteiger partial charge >= 0.3 is 0 Å². The number of carbonyl (C=O) groups excluding carboxylic acids is 1. The summed E-state index contributed by atoms with van der Waals surface area (Å²) in [4.78, 5) is 16.3. The minimum atomic E-state index is -0.305. The van der Waals surface area contributed by atoms with Gasteiger partial charge in [-0.15, -0.1) is 0 Å². The first-order chi connectivity index (χ1) is 10.0. The molecule has 0 spiro atoms. The number of anilines is 1. The van der Waals surface area contributed by atoms with E-state index in [0.29, 0.717) is 16.3 Å². The molecule has 21 heavy (non-hydrogen) atoms. The Balaban J connectivity index is 2.02. The van der Waals surface area contributed by atoms with E-state index < -0.39 is 0 Å². The summed E-state index contributed by atoms with van der Waals surface area (Å²) in [6.45, 7) is 1.81. The second kappa shape index (κ2) is 6.66. The van der Waals surface area contributed by atoms with Gasteiger partial charge in [-0.25, -0.2) is 4.98 Å². The molecule has 1 aromatic heterocycles. The lowest BCUT2D eigenvalue weighted by molar-refractivity contribution is -0.115. The number of thioether (sulfide) groups is 1. The number of hydrogen-bond acceptors (Lipinski definition) is 4. The molecule has 1 atom stereocenters. The number of aromatic nitrogens is 2. The van der Waals surface area contributed by atoms with E-state index in [4.69, 9.17) is 16.9 Å². The number of nitrogens with zero attached hydrogens (tertiary/aromatic N) is 3. The highest BCUT2D eigenvalue weighted by Gasteiger charge is 2.17. The number of nitrogens with one attached hydrogen (secondary N) is 1. The molecular weight excluding hydrogens is 308 g/mol. The van der Waals surface area contributed by atoms with Crippen molar-refractivity contribution in [2.75, 3.05) is 5.32 Å². The number of nitriles is 1. The second-order valence-electron chi connectivity index (χ2n) is 4.38. The van der Waals surface area contributed by atoms with Gasteiger partial charge in [-0.3, -0.25) is 4.79 Å². The van der Waals surface area contributed by atoms with Gasteiger partial charge in [-0.2, -0.15) is 5.26 Å². The Kier molecular flexibility index (Phi) is 4.89. The molecular formula is C14H13ClN4OS. The van der Waals surface area contributed by atoms with Gasteiger partial charge in [0.25, 0.3) is 0 Å². The summed E-state index contributed by atoms with van der Waals surface area (Å²) < 4.78 is 1.85. The number of rotatable bonds is 4. The van der Waals surface area contributed by atoms with Crippen molar-refractivity contribution in [2.24, 2.45) is 7.05 Å². The normalized spacial score (nSPS) is 11.7. The van der Waals surface area contributed by atoms with Gasteiger partial charge in [0, 0.05) is 25.1 Å². The van der Waals surface area contributed by atoms with Gasteiger partial charge in [0.15, 0.2) is 5.16 Å². The lowest BCUT2D eigenvalue weighted by Crippen LogP contribution is -2.22. The van der Waals surface area contributed by atoms with E-state index in [-0.39, 0.29) is 11.2 Å². The summed E-state index contributed by atoms with van der Waals surface area (Å²) >= 11 is 7.31. The summed E-state index contributed by atoms with van der Waals surface area (Å²) in [6, 6.07) is 6.77. The zero-order chi connectivity index (χ0) is 15.4. The molecule has 108 valence electrons. The fraction of sp³-hybridized carbons (Fsp3) is 0.214. The van der Waals surface area contributed by atoms with Crippen molar-refractivity contribution >= 4 is 35.0 Å². The number of aryl methyl sites for hydroxylation is 1. The first-order valence-corrected chi connectivity index (χ1v) is 7.41. The van der Waals surface area contributed by atoms with E-state index in [9.17, 15) is 4.79 Å². The van der Waals surface area contributed by atoms with Gasteiger partial charge in [0.2, 0.25) is 5.91 Å². The van der Waals surface area contributed by atoms with Crippen LogP contribution in [0.2, 0.25) is 5.02 Å². The molecule has 2 aromatic rings. The lowest BCUT2D eigenvalue weighted by Gasteiger charge is -2.12. The van der Waals surface area contributed by atoms with Crippen LogP contribution in [0.15, 0.2) is 35.7 Å². The summed E-state index contributed by atoms with van der Waals surface area (Å²) in [6.07, 6.45) is 3.51. The molecule has 0 bridgehead atoms. The SMILES string of the molecule is C[C@@H](Sc1nccn1C)C(=O)Nc1ccc(C#N)c(Cl)c1. The average molecular weight is 321 g/mol. The number of carbonyl (C=O) groups is 1. The van der Waals surface area contributed by atoms with Gasteiger partial charge in [0.1, 0.15) is 6.07 Å². The molecule has 0 fully saturated rings. The van der Waals surface area contributed by atoms with E-state index in [0.717, 1.165) is 5.16 Å². The third-order valence-corrected chi connectivity index (χ3v) is 4.27. The predicted octanol–water partition coefficient (Wildman–Crippen LogP) is 3.06. The van der Waals surface area contributed by atoms with Crippen molar-refractivity contribution in [3.8, 4) is 6.07 Å². The molecule has 0 aliphatic heterocycles. The van der Waals surface area contributed by atoms with Gasteiger partial charge in [-0.05, 0) is 25.1 Å². The zero-order valence-electron chi connectivity index (χ0n) is 11.5. The molecule has 1 amide bonds. The highest BCUT2D eigenvalue weighted by molar-refractivity contribution is 8.00. The molecule has 0 radical (unpaired) electrons. The molecule has 1 heterocycles. The van der Waals surface area contributed by atoms with Crippen LogP contribution in [0.1, 0.15) is 12.5 Å². The molecule has 1 aromatic carbocycles. The third kappa shape index (κ3) is 3.78. The van der Waals surface area contributed by atoms with E-state index >= 15 is 0 Å². The Bertz CT molecular complexity index is 707. The van der Waals surface area contributed by atoms with Crippen LogP contribution in [0.4, 0.5) is 5.69 Å². The van der Waals surface area contributed by atoms with Crippen LogP contribution in [0.25, 0.3) is 0 Å². The number of halogens is 1. The zero-order valence-corrected chi connectivity index (χ0v) is 13.1. The van der Waals surface area contributed by atoms with E-state index in [2.05, 4.69) is 10.3 Å². The van der Waals surface area contributed by atoms with Crippen molar-refractivity contribution < 1.29 is 4.79 Å². The Morgan fingerprint density at radius 3 is 2.90 bits per heavy atom. The second-order valence-corrected chi connectivity index (χ2v) is 6.09. The van der Waals surface area contributed by atoms with E-state index in [1.165, 1.54) is 11.8 Å². The number of hydrogen-bond donors (Lipinski definition) is 1. The maximum Gasteiger partial charge on any atom is 0.237 e. The van der Waals surface area contributed by atoms with Crippen LogP contribution in [0.5, 0.6) is 0 Å². The quantitative estimate of drug-likeness (QED) is 0.879. The van der Waals surface area contributed by atoms with Crippen molar-refractivity contribution in [3.63, 3.8) is 0 Å². The van der Waals surface area contributed by atoms with Crippen LogP contribution in [-0.4, -0.2) is 20.7 Å². The fourth-order valence-corrected chi connectivity index (χ4v) is 2.66. The molecule has 0 saturated heterocycles. The van der Waals surface area contributed by atoms with Crippen LogP contribution >= 0.6 is 23.4 Å². The number of benzene rings is 1. The van der Waals surface area contributed by atoms with Crippen molar-refractivity contribution in [1.82, 2.24) is 9.55 Å². The summed E-state index contributed by atoms with van der Waals surface area (Å²) in [5.41, 5.74) is 0.946. The summed E-state index contributed by atoms with van der Waals surface area (Å²) in [5.74, 6) is -0.149. The van der Waals surface area contributed by atoms with Gasteiger partial charge in [-0.1, -0.05) is 23.4 Å². The smallest absolute Gasteiger partial charge is 0.237 e. The minimum absolute atomic E-state index is 0.149. The average Bonchev–Trinajstić information content (AvgIpc) is 2.84. The molecule has 7 heteroatoms. The Labute approximate surface area is 131 Å². The monoisotopic (exact) mass is 320 g/mol. The molecule has 1 N–H and O–H groups in total. The van der Waals surface area contributed by atoms with Gasteiger partial charge < -0.3 is 9.88 Å². The number of imidazole rings is 1. The largest absolute Gasteiger partial charge is 0.329 e. The molecule has 5 nitrogen and oxygen atoms in total. The topological polar surface area (TPSA) is 70.7 Å². The number of amides is 1. The molecule has 0 aliphatic carbocycles. The van der Waals surface area contributed by atoms with Crippen molar-refractivity contribution in [1.29, 1.82) is 5.26 Å². The summed E-state index contributed by atoms with van der Waals surface area (Å²) in [5, 5.41) is 12.4.